The van der Waals surface area contributed by atoms with E-state index in [1.807, 2.05) is 0 Å². The minimum Gasteiger partial charge on any atom is -0.374 e. The van der Waals surface area contributed by atoms with Crippen LogP contribution in [0.5, 0.6) is 0 Å². The average molecular weight is 240 g/mol. The van der Waals surface area contributed by atoms with Gasteiger partial charge in [0.15, 0.2) is 5.08 Å². The van der Waals surface area contributed by atoms with Gasteiger partial charge in [-0.2, -0.15) is 0 Å². The zero-order valence-electron chi connectivity index (χ0n) is 9.27. The van der Waals surface area contributed by atoms with Gasteiger partial charge in [0.1, 0.15) is 20.1 Å². The Bertz CT molecular complexity index is 300. The van der Waals surface area contributed by atoms with Crippen LogP contribution in [-0.2, 0) is 13.9 Å². The molecule has 0 heterocycles. The van der Waals surface area contributed by atoms with Crippen molar-refractivity contribution in [3.63, 3.8) is 0 Å². The van der Waals surface area contributed by atoms with Crippen molar-refractivity contribution in [2.24, 2.45) is 0 Å². The minimum absolute atomic E-state index is 0.304. The number of Topliss-reactive ketones (excluding diaryl/α,β-unsaturated/α-hetero) is 1. The van der Waals surface area contributed by atoms with Gasteiger partial charge in [-0.25, -0.2) is 0 Å². The van der Waals surface area contributed by atoms with Crippen LogP contribution in [0, 0.1) is 0 Å². The first-order valence-electron chi connectivity index (χ1n) is 4.24. The van der Waals surface area contributed by atoms with Gasteiger partial charge in [-0.15, -0.1) is 0 Å². The smallest absolute Gasteiger partial charge is 0.175 e. The normalized spacial score (nSPS) is 14.1. The Labute approximate surface area is 84.8 Å². The molecule has 0 saturated carbocycles. The molecule has 4 nitrogen and oxygen atoms in total. The van der Waals surface area contributed by atoms with Crippen molar-refractivity contribution in [3.8, 4) is 0 Å². The van der Waals surface area contributed by atoms with Crippen LogP contribution in [-0.4, -0.2) is 42.6 Å². The third-order valence-corrected chi connectivity index (χ3v) is 8.87. The van der Waals surface area contributed by atoms with Crippen LogP contribution in [0.2, 0.25) is 0 Å². The van der Waals surface area contributed by atoms with Crippen molar-refractivity contribution in [3.05, 3.63) is 0 Å². The molecule has 0 aromatic rings. The van der Waals surface area contributed by atoms with E-state index in [0.29, 0.717) is 0 Å². The number of ketones is 1. The molecule has 0 radical (unpaired) electrons. The Morgan fingerprint density at radius 1 is 1.14 bits per heavy atom. The van der Waals surface area contributed by atoms with Gasteiger partial charge in [0.2, 0.25) is 0 Å². The molecule has 84 valence electrons. The molecule has 0 aromatic carbocycles. The van der Waals surface area contributed by atoms with Crippen molar-refractivity contribution in [2.75, 3.05) is 26.7 Å². The fourth-order valence-corrected chi connectivity index (χ4v) is 7.14. The molecule has 1 N–H and O–H groups in total. The summed E-state index contributed by atoms with van der Waals surface area (Å²) in [4.78, 5) is 11.0. The number of hydrogen-bond donors (Lipinski definition) is 1. The second kappa shape index (κ2) is 3.92. The first-order chi connectivity index (χ1) is 5.92. The van der Waals surface area contributed by atoms with Crippen LogP contribution in [0.1, 0.15) is 13.3 Å². The topological polar surface area (TPSA) is 71.4 Å². The Hall–Kier alpha value is 0.0900. The Morgan fingerprint density at radius 2 is 1.43 bits per heavy atom. The van der Waals surface area contributed by atoms with Gasteiger partial charge in [-0.3, -0.25) is 4.79 Å². The summed E-state index contributed by atoms with van der Waals surface area (Å²) in [6.07, 6.45) is -0.304. The van der Waals surface area contributed by atoms with Crippen molar-refractivity contribution in [1.82, 2.24) is 0 Å². The van der Waals surface area contributed by atoms with Crippen molar-refractivity contribution in [2.45, 2.75) is 18.4 Å². The largest absolute Gasteiger partial charge is 0.374 e. The highest BCUT2D eigenvalue weighted by Gasteiger charge is 2.50. The third-order valence-electron chi connectivity index (χ3n) is 2.21. The van der Waals surface area contributed by atoms with Gasteiger partial charge >= 0.3 is 0 Å². The predicted molar refractivity (Wildman–Crippen MR) is 59.2 cm³/mol. The van der Waals surface area contributed by atoms with Gasteiger partial charge in [-0.05, 0) is 33.6 Å². The van der Waals surface area contributed by atoms with E-state index in [1.54, 1.807) is 0 Å². The fraction of sp³-hybridized carbons (Fsp3) is 0.875. The van der Waals surface area contributed by atoms with E-state index in [2.05, 4.69) is 0 Å². The lowest BCUT2D eigenvalue weighted by Gasteiger charge is -2.34. The maximum Gasteiger partial charge on any atom is 0.175 e. The summed E-state index contributed by atoms with van der Waals surface area (Å²) in [5, 5.41) is 8.27. The fourth-order valence-electron chi connectivity index (χ4n) is 1.29. The van der Waals surface area contributed by atoms with Crippen LogP contribution in [0.4, 0.5) is 0 Å². The molecule has 0 bridgehead atoms. The van der Waals surface area contributed by atoms with Crippen LogP contribution in [0.25, 0.3) is 0 Å². The molecule has 6 heteroatoms. The maximum absolute atomic E-state index is 11.8. The van der Waals surface area contributed by atoms with E-state index in [0.717, 1.165) is 0 Å². The van der Waals surface area contributed by atoms with E-state index in [1.165, 1.54) is 33.6 Å². The summed E-state index contributed by atoms with van der Waals surface area (Å²) in [7, 11) is -5.98. The highest BCUT2D eigenvalue weighted by molar-refractivity contribution is 7.81. The summed E-state index contributed by atoms with van der Waals surface area (Å²) in [6.45, 7) is 6.71. The standard InChI is InChI=1S/C8H18O4P2/c1-7(9)6-8(10,13(2,3)11)14(4,5)12/h10H,6H2,1-5H3. The van der Waals surface area contributed by atoms with E-state index in [9.17, 15) is 19.0 Å². The van der Waals surface area contributed by atoms with Gasteiger partial charge in [0.25, 0.3) is 0 Å². The Kier molecular flexibility index (Phi) is 3.95. The second-order valence-electron chi connectivity index (χ2n) is 4.35. The van der Waals surface area contributed by atoms with Gasteiger partial charge in [0, 0.05) is 6.42 Å². The second-order valence-corrected chi connectivity index (χ2v) is 11.6. The molecule has 0 aliphatic rings. The minimum atomic E-state index is -2.99. The summed E-state index contributed by atoms with van der Waals surface area (Å²) in [5.41, 5.74) is 0. The maximum atomic E-state index is 11.8. The van der Waals surface area contributed by atoms with Crippen molar-refractivity contribution in [1.29, 1.82) is 0 Å². The molecular formula is C8H18O4P2. The number of aliphatic hydroxyl groups is 1. The molecule has 0 aliphatic carbocycles. The first kappa shape index (κ1) is 14.1. The van der Waals surface area contributed by atoms with Crippen molar-refractivity contribution >= 4 is 20.1 Å². The molecule has 0 unspecified atom stereocenters. The van der Waals surface area contributed by atoms with Crippen LogP contribution in [0.15, 0.2) is 0 Å². The zero-order valence-corrected chi connectivity index (χ0v) is 11.1. The molecule has 0 aromatic heterocycles. The highest BCUT2D eigenvalue weighted by Crippen LogP contribution is 2.69. The molecule has 0 spiro atoms. The van der Waals surface area contributed by atoms with E-state index < -0.39 is 19.4 Å². The average Bonchev–Trinajstić information content (AvgIpc) is 1.79. The summed E-state index contributed by atoms with van der Waals surface area (Å²) >= 11 is 0. The zero-order chi connectivity index (χ0) is 11.8. The van der Waals surface area contributed by atoms with Crippen LogP contribution < -0.4 is 0 Å². The Balaban J connectivity index is 5.41. The monoisotopic (exact) mass is 240 g/mol. The third kappa shape index (κ3) is 2.79. The lowest BCUT2D eigenvalue weighted by molar-refractivity contribution is -0.118. The van der Waals surface area contributed by atoms with Crippen LogP contribution in [0.3, 0.4) is 0 Å². The van der Waals surface area contributed by atoms with Gasteiger partial charge in [-0.1, -0.05) is 0 Å². The number of hydrogen-bond acceptors (Lipinski definition) is 4. The SMILES string of the molecule is CC(=O)CC(O)(P(C)(C)=O)P(C)(C)=O. The predicted octanol–water partition coefficient (Wildman–Crippen LogP) is 1.86. The molecule has 0 aliphatic heterocycles. The molecule has 0 rings (SSSR count). The summed E-state index contributed by atoms with van der Waals surface area (Å²) in [5.74, 6) is -0.305. The van der Waals surface area contributed by atoms with Crippen molar-refractivity contribution < 1.29 is 19.0 Å². The molecule has 14 heavy (non-hydrogen) atoms. The van der Waals surface area contributed by atoms with Gasteiger partial charge in [0.05, 0.1) is 0 Å². The van der Waals surface area contributed by atoms with E-state index >= 15 is 0 Å². The van der Waals surface area contributed by atoms with Crippen LogP contribution >= 0.6 is 14.3 Å². The Morgan fingerprint density at radius 3 is 1.50 bits per heavy atom. The highest BCUT2D eigenvalue weighted by atomic mass is 31.2. The van der Waals surface area contributed by atoms with E-state index in [-0.39, 0.29) is 12.2 Å². The van der Waals surface area contributed by atoms with Gasteiger partial charge < -0.3 is 14.2 Å². The molecule has 0 amide bonds. The summed E-state index contributed by atoms with van der Waals surface area (Å²) < 4.78 is 23.7. The number of carbonyl (C=O) groups is 1. The lowest BCUT2D eigenvalue weighted by Crippen LogP contribution is -2.30. The molecule has 0 saturated heterocycles. The molecular weight excluding hydrogens is 222 g/mol. The first-order valence-corrected chi connectivity index (χ1v) is 9.44. The number of rotatable bonds is 4. The quantitative estimate of drug-likeness (QED) is 0.761. The summed E-state index contributed by atoms with van der Waals surface area (Å²) in [6, 6.07) is 0. The molecule has 0 fully saturated rings. The number of carbonyl (C=O) groups excluding carboxylic acids is 1. The van der Waals surface area contributed by atoms with E-state index in [4.69, 9.17) is 0 Å². The lowest BCUT2D eigenvalue weighted by atomic mass is 10.3. The molecule has 0 atom stereocenters.